The zero-order chi connectivity index (χ0) is 17.4. The highest BCUT2D eigenvalue weighted by atomic mass is 32.2. The molecule has 24 heavy (non-hydrogen) atoms. The molecule has 1 aromatic carbocycles. The first-order valence-electron chi connectivity index (χ1n) is 7.39. The van der Waals surface area contributed by atoms with E-state index in [-0.39, 0.29) is 23.5 Å². The summed E-state index contributed by atoms with van der Waals surface area (Å²) in [7, 11) is 0. The first-order chi connectivity index (χ1) is 11.3. The van der Waals surface area contributed by atoms with E-state index in [0.717, 1.165) is 13.1 Å². The van der Waals surface area contributed by atoms with Crippen molar-refractivity contribution < 1.29 is 27.4 Å². The predicted octanol–water partition coefficient (Wildman–Crippen LogP) is 4.19. The number of rotatable bonds is 3. The van der Waals surface area contributed by atoms with Crippen LogP contribution in [0.25, 0.3) is 11.3 Å². The minimum atomic E-state index is -1.62. The zero-order valence-corrected chi connectivity index (χ0v) is 13.9. The van der Waals surface area contributed by atoms with Gasteiger partial charge in [0, 0.05) is 13.1 Å². The van der Waals surface area contributed by atoms with Gasteiger partial charge in [0.05, 0.1) is 22.7 Å². The van der Waals surface area contributed by atoms with Crippen LogP contribution in [0.2, 0.25) is 0 Å². The van der Waals surface area contributed by atoms with Gasteiger partial charge in [-0.05, 0) is 37.9 Å². The quantitative estimate of drug-likeness (QED) is 0.658. The molecule has 1 saturated heterocycles. The minimum Gasteiger partial charge on any atom is -0.503 e. The van der Waals surface area contributed by atoms with Crippen LogP contribution in [0, 0.1) is 17.5 Å². The third kappa shape index (κ3) is 3.40. The highest BCUT2D eigenvalue weighted by molar-refractivity contribution is 7.97. The third-order valence-electron chi connectivity index (χ3n) is 3.59. The summed E-state index contributed by atoms with van der Waals surface area (Å²) in [5.41, 5.74) is -0.332. The Kier molecular flexibility index (Phi) is 4.80. The van der Waals surface area contributed by atoms with Crippen LogP contribution < -0.4 is 0 Å². The zero-order valence-electron chi connectivity index (χ0n) is 13.1. The second-order valence-electron chi connectivity index (χ2n) is 5.72. The largest absolute Gasteiger partial charge is 0.503 e. The molecule has 3 rings (SSSR count). The molecule has 0 spiro atoms. The van der Waals surface area contributed by atoms with E-state index in [4.69, 9.17) is 9.15 Å². The number of hydrogen-bond donors (Lipinski definition) is 1. The minimum absolute atomic E-state index is 0.0126. The fourth-order valence-electron chi connectivity index (χ4n) is 2.63. The van der Waals surface area contributed by atoms with Gasteiger partial charge in [0.2, 0.25) is 5.82 Å². The van der Waals surface area contributed by atoms with Crippen LogP contribution in [-0.4, -0.2) is 34.7 Å². The standard InChI is InChI=1S/C16H16F3NO3S/c1-8-5-20(6-9(2)23-8)24-10-3-13(22-7-10)11-4-12(17)15(19)16(21)14(11)18/h3-4,7-9,21H,5-6H2,1-2H3. The smallest absolute Gasteiger partial charge is 0.203 e. The Labute approximate surface area is 141 Å². The summed E-state index contributed by atoms with van der Waals surface area (Å²) in [6.45, 7) is 5.39. The molecule has 2 unspecified atom stereocenters. The second kappa shape index (κ2) is 6.70. The summed E-state index contributed by atoms with van der Waals surface area (Å²) in [6, 6.07) is 2.18. The lowest BCUT2D eigenvalue weighted by Gasteiger charge is -2.33. The maximum absolute atomic E-state index is 13.9. The lowest BCUT2D eigenvalue weighted by atomic mass is 10.1. The Morgan fingerprint density at radius 3 is 2.46 bits per heavy atom. The van der Waals surface area contributed by atoms with Gasteiger partial charge >= 0.3 is 0 Å². The molecule has 1 N–H and O–H groups in total. The van der Waals surface area contributed by atoms with Crippen LogP contribution in [-0.2, 0) is 4.74 Å². The van der Waals surface area contributed by atoms with Gasteiger partial charge in [-0.1, -0.05) is 0 Å². The highest BCUT2D eigenvalue weighted by Gasteiger charge is 2.25. The molecule has 0 bridgehead atoms. The summed E-state index contributed by atoms with van der Waals surface area (Å²) < 4.78 is 53.5. The third-order valence-corrected chi connectivity index (χ3v) is 4.58. The van der Waals surface area contributed by atoms with E-state index in [1.54, 1.807) is 0 Å². The van der Waals surface area contributed by atoms with Gasteiger partial charge < -0.3 is 14.3 Å². The van der Waals surface area contributed by atoms with Crippen molar-refractivity contribution in [2.45, 2.75) is 31.0 Å². The SMILES string of the molecule is CC1CN(Sc2coc(-c3cc(F)c(F)c(O)c3F)c2)CC(C)O1. The molecule has 8 heteroatoms. The fourth-order valence-corrected chi connectivity index (χ4v) is 3.75. The van der Waals surface area contributed by atoms with Crippen molar-refractivity contribution in [2.24, 2.45) is 0 Å². The summed E-state index contributed by atoms with van der Waals surface area (Å²) >= 11 is 1.41. The topological polar surface area (TPSA) is 45.8 Å². The van der Waals surface area contributed by atoms with Gasteiger partial charge in [0.25, 0.3) is 0 Å². The molecule has 0 amide bonds. The van der Waals surface area contributed by atoms with Crippen LogP contribution in [0.1, 0.15) is 13.8 Å². The van der Waals surface area contributed by atoms with Crippen LogP contribution in [0.4, 0.5) is 13.2 Å². The molecule has 1 aromatic heterocycles. The molecule has 2 aromatic rings. The Hall–Kier alpha value is -1.64. The lowest BCUT2D eigenvalue weighted by molar-refractivity contribution is -0.0414. The van der Waals surface area contributed by atoms with Gasteiger partial charge in [-0.2, -0.15) is 4.39 Å². The summed E-state index contributed by atoms with van der Waals surface area (Å²) in [5.74, 6) is -5.56. The van der Waals surface area contributed by atoms with Gasteiger partial charge in [0.15, 0.2) is 17.4 Å². The van der Waals surface area contributed by atoms with Crippen LogP contribution in [0.3, 0.4) is 0 Å². The van der Waals surface area contributed by atoms with E-state index in [9.17, 15) is 18.3 Å². The molecule has 1 aliphatic heterocycles. The number of aromatic hydroxyl groups is 1. The summed E-state index contributed by atoms with van der Waals surface area (Å²) in [6.07, 6.45) is 1.59. The molecule has 2 heterocycles. The van der Waals surface area contributed by atoms with Crippen molar-refractivity contribution in [1.82, 2.24) is 4.31 Å². The van der Waals surface area contributed by atoms with E-state index < -0.39 is 23.2 Å². The number of morpholine rings is 1. The fraction of sp³-hybridized carbons (Fsp3) is 0.375. The first-order valence-corrected chi connectivity index (χ1v) is 8.16. The number of halogens is 3. The average molecular weight is 359 g/mol. The molecule has 4 nitrogen and oxygen atoms in total. The van der Waals surface area contributed by atoms with Crippen molar-refractivity contribution in [3.05, 3.63) is 35.8 Å². The monoisotopic (exact) mass is 359 g/mol. The number of phenolic OH excluding ortho intramolecular Hbond substituents is 1. The lowest BCUT2D eigenvalue weighted by Crippen LogP contribution is -2.41. The average Bonchev–Trinajstić information content (AvgIpc) is 2.96. The molecule has 2 atom stereocenters. The maximum atomic E-state index is 13.9. The van der Waals surface area contributed by atoms with E-state index in [1.807, 2.05) is 13.8 Å². The number of hydrogen-bond acceptors (Lipinski definition) is 5. The highest BCUT2D eigenvalue weighted by Crippen LogP contribution is 2.36. The number of benzene rings is 1. The normalized spacial score (nSPS) is 22.0. The first kappa shape index (κ1) is 17.2. The Morgan fingerprint density at radius 2 is 1.79 bits per heavy atom. The summed E-state index contributed by atoms with van der Waals surface area (Å²) in [4.78, 5) is 0.690. The molecular formula is C16H16F3NO3S. The van der Waals surface area contributed by atoms with Gasteiger partial charge in [-0.3, -0.25) is 0 Å². The summed E-state index contributed by atoms with van der Waals surface area (Å²) in [5, 5.41) is 9.30. The number of phenols is 1. The molecule has 1 fully saturated rings. The van der Waals surface area contributed by atoms with Gasteiger partial charge in [-0.15, -0.1) is 0 Å². The van der Waals surface area contributed by atoms with E-state index in [2.05, 4.69) is 4.31 Å². The van der Waals surface area contributed by atoms with Crippen molar-refractivity contribution in [3.8, 4) is 17.1 Å². The van der Waals surface area contributed by atoms with E-state index in [0.29, 0.717) is 11.0 Å². The van der Waals surface area contributed by atoms with Gasteiger partial charge in [0.1, 0.15) is 12.0 Å². The van der Waals surface area contributed by atoms with Crippen molar-refractivity contribution >= 4 is 11.9 Å². The Balaban J connectivity index is 1.81. The number of nitrogens with zero attached hydrogens (tertiary/aromatic N) is 1. The molecule has 130 valence electrons. The van der Waals surface area contributed by atoms with Crippen molar-refractivity contribution in [3.63, 3.8) is 0 Å². The van der Waals surface area contributed by atoms with Crippen molar-refractivity contribution in [1.29, 1.82) is 0 Å². The predicted molar refractivity (Wildman–Crippen MR) is 83.1 cm³/mol. The molecule has 1 aliphatic rings. The molecular weight excluding hydrogens is 343 g/mol. The van der Waals surface area contributed by atoms with Crippen molar-refractivity contribution in [2.75, 3.05) is 13.1 Å². The van der Waals surface area contributed by atoms with Crippen LogP contribution in [0.15, 0.2) is 27.7 Å². The molecule has 0 radical (unpaired) electrons. The molecule has 0 saturated carbocycles. The number of furan rings is 1. The van der Waals surface area contributed by atoms with Crippen LogP contribution >= 0.6 is 11.9 Å². The maximum Gasteiger partial charge on any atom is 0.203 e. The van der Waals surface area contributed by atoms with E-state index >= 15 is 0 Å². The number of ether oxygens (including phenoxy) is 1. The van der Waals surface area contributed by atoms with E-state index in [1.165, 1.54) is 24.3 Å². The van der Waals surface area contributed by atoms with Crippen LogP contribution in [0.5, 0.6) is 5.75 Å². The van der Waals surface area contributed by atoms with Gasteiger partial charge in [-0.25, -0.2) is 13.1 Å². The Morgan fingerprint density at radius 1 is 1.12 bits per heavy atom. The Bertz CT molecular complexity index is 742. The second-order valence-corrected chi connectivity index (χ2v) is 6.90. The molecule has 0 aliphatic carbocycles.